The second-order valence-corrected chi connectivity index (χ2v) is 4.78. The van der Waals surface area contributed by atoms with Crippen LogP contribution < -0.4 is 11.5 Å². The number of hydrogen-bond donors (Lipinski definition) is 3. The van der Waals surface area contributed by atoms with E-state index in [1.165, 1.54) is 12.1 Å². The highest BCUT2D eigenvalue weighted by atomic mass is 35.5. The van der Waals surface area contributed by atoms with Gasteiger partial charge in [-0.15, -0.1) is 0 Å². The molecule has 110 valence electrons. The summed E-state index contributed by atoms with van der Waals surface area (Å²) >= 11 is 11.5. The van der Waals surface area contributed by atoms with E-state index < -0.39 is 17.5 Å². The largest absolute Gasteiger partial charge is 0.476 e. The number of carbonyl (C=O) groups is 1. The van der Waals surface area contributed by atoms with E-state index in [0.29, 0.717) is 0 Å². The van der Waals surface area contributed by atoms with Crippen LogP contribution in [0.3, 0.4) is 0 Å². The molecule has 1 aromatic carbocycles. The average Bonchev–Trinajstić information content (AvgIpc) is 2.42. The fourth-order valence-electron chi connectivity index (χ4n) is 1.68. The molecule has 1 aromatic heterocycles. The van der Waals surface area contributed by atoms with Crippen LogP contribution in [0.25, 0.3) is 11.4 Å². The Balaban J connectivity index is 2.71. The Labute approximate surface area is 128 Å². The maximum atomic E-state index is 14.3. The zero-order chi connectivity index (χ0) is 15.7. The number of hydrogen-bond acceptors (Lipinski definition) is 5. The molecule has 6 nitrogen and oxygen atoms in total. The van der Waals surface area contributed by atoms with Crippen LogP contribution in [0.15, 0.2) is 12.1 Å². The van der Waals surface area contributed by atoms with Crippen molar-refractivity contribution in [3.05, 3.63) is 39.3 Å². The molecule has 0 bridgehead atoms. The van der Waals surface area contributed by atoms with Crippen LogP contribution in [-0.2, 0) is 6.54 Å². The highest BCUT2D eigenvalue weighted by Gasteiger charge is 2.20. The molecule has 2 rings (SSSR count). The number of aromatic carboxylic acids is 1. The standard InChI is InChI=1S/C12H9Cl2FN4O2/c13-6-2-1-4(8(15)5(6)3-16)11-18-9(12(20)21)7(14)10(17)19-11/h1-2H,3,16H2,(H,20,21)(H2,17,18,19). The van der Waals surface area contributed by atoms with Gasteiger partial charge in [0, 0.05) is 17.1 Å². The van der Waals surface area contributed by atoms with Crippen molar-refractivity contribution in [3.63, 3.8) is 0 Å². The fraction of sp³-hybridized carbons (Fsp3) is 0.0833. The Morgan fingerprint density at radius 3 is 2.57 bits per heavy atom. The Hall–Kier alpha value is -1.96. The van der Waals surface area contributed by atoms with Gasteiger partial charge in [0.25, 0.3) is 0 Å². The van der Waals surface area contributed by atoms with Crippen LogP contribution in [0.1, 0.15) is 16.1 Å². The maximum absolute atomic E-state index is 14.3. The minimum Gasteiger partial charge on any atom is -0.476 e. The molecule has 5 N–H and O–H groups in total. The van der Waals surface area contributed by atoms with E-state index in [2.05, 4.69) is 9.97 Å². The van der Waals surface area contributed by atoms with Gasteiger partial charge in [-0.05, 0) is 12.1 Å². The SMILES string of the molecule is NCc1c(Cl)ccc(-c2nc(N)c(Cl)c(C(=O)O)n2)c1F. The third kappa shape index (κ3) is 2.76. The summed E-state index contributed by atoms with van der Waals surface area (Å²) in [4.78, 5) is 18.6. The van der Waals surface area contributed by atoms with Gasteiger partial charge in [0.2, 0.25) is 0 Å². The molecule has 0 radical (unpaired) electrons. The van der Waals surface area contributed by atoms with E-state index in [1.807, 2.05) is 0 Å². The van der Waals surface area contributed by atoms with E-state index in [4.69, 9.17) is 39.8 Å². The lowest BCUT2D eigenvalue weighted by Gasteiger charge is -2.10. The third-order valence-electron chi connectivity index (χ3n) is 2.71. The number of rotatable bonds is 3. The van der Waals surface area contributed by atoms with Crippen molar-refractivity contribution in [3.8, 4) is 11.4 Å². The summed E-state index contributed by atoms with van der Waals surface area (Å²) in [7, 11) is 0. The quantitative estimate of drug-likeness (QED) is 0.795. The van der Waals surface area contributed by atoms with E-state index in [-0.39, 0.29) is 39.4 Å². The maximum Gasteiger partial charge on any atom is 0.356 e. The van der Waals surface area contributed by atoms with Crippen molar-refractivity contribution in [1.82, 2.24) is 9.97 Å². The molecule has 0 fully saturated rings. The van der Waals surface area contributed by atoms with Gasteiger partial charge in [0.1, 0.15) is 16.7 Å². The number of aromatic nitrogens is 2. The highest BCUT2D eigenvalue weighted by molar-refractivity contribution is 6.35. The molecule has 0 saturated heterocycles. The Morgan fingerprint density at radius 1 is 1.33 bits per heavy atom. The Kier molecular flexibility index (Phi) is 4.26. The molecular formula is C12H9Cl2FN4O2. The van der Waals surface area contributed by atoms with Crippen molar-refractivity contribution in [2.24, 2.45) is 5.73 Å². The molecule has 0 aliphatic heterocycles. The summed E-state index contributed by atoms with van der Waals surface area (Å²) in [6.07, 6.45) is 0. The number of halogens is 3. The first-order chi connectivity index (χ1) is 9.86. The van der Waals surface area contributed by atoms with Gasteiger partial charge in [-0.2, -0.15) is 0 Å². The fourth-order valence-corrected chi connectivity index (χ4v) is 2.07. The van der Waals surface area contributed by atoms with Crippen LogP contribution in [-0.4, -0.2) is 21.0 Å². The number of nitrogens with zero attached hydrogens (tertiary/aromatic N) is 2. The topological polar surface area (TPSA) is 115 Å². The molecule has 0 amide bonds. The summed E-state index contributed by atoms with van der Waals surface area (Å²) in [5, 5.41) is 8.86. The summed E-state index contributed by atoms with van der Waals surface area (Å²) in [5.41, 5.74) is 10.4. The van der Waals surface area contributed by atoms with Gasteiger partial charge in [0.05, 0.1) is 5.56 Å². The molecule has 0 atom stereocenters. The molecule has 0 aliphatic rings. The number of carboxylic acid groups (broad SMARTS) is 1. The van der Waals surface area contributed by atoms with E-state index in [1.54, 1.807) is 0 Å². The molecule has 0 unspecified atom stereocenters. The minimum atomic E-state index is -1.40. The first-order valence-corrected chi connectivity index (χ1v) is 6.36. The number of anilines is 1. The van der Waals surface area contributed by atoms with Gasteiger partial charge in [-0.1, -0.05) is 23.2 Å². The predicted molar refractivity (Wildman–Crippen MR) is 76.7 cm³/mol. The van der Waals surface area contributed by atoms with Crippen molar-refractivity contribution < 1.29 is 14.3 Å². The van der Waals surface area contributed by atoms with Crippen molar-refractivity contribution in [2.75, 3.05) is 5.73 Å². The number of nitrogen functional groups attached to an aromatic ring is 1. The molecule has 0 saturated carbocycles. The zero-order valence-corrected chi connectivity index (χ0v) is 11.9. The molecular weight excluding hydrogens is 322 g/mol. The second-order valence-electron chi connectivity index (χ2n) is 3.99. The van der Waals surface area contributed by atoms with Crippen LogP contribution in [0.4, 0.5) is 10.2 Å². The van der Waals surface area contributed by atoms with E-state index >= 15 is 0 Å². The molecule has 21 heavy (non-hydrogen) atoms. The lowest BCUT2D eigenvalue weighted by atomic mass is 10.1. The van der Waals surface area contributed by atoms with Crippen LogP contribution in [0.2, 0.25) is 10.0 Å². The van der Waals surface area contributed by atoms with Gasteiger partial charge in [-0.3, -0.25) is 0 Å². The zero-order valence-electron chi connectivity index (χ0n) is 10.4. The van der Waals surface area contributed by atoms with Crippen LogP contribution >= 0.6 is 23.2 Å². The summed E-state index contributed by atoms with van der Waals surface area (Å²) in [5.74, 6) is -2.60. The van der Waals surface area contributed by atoms with E-state index in [9.17, 15) is 9.18 Å². The smallest absolute Gasteiger partial charge is 0.356 e. The Morgan fingerprint density at radius 2 is 2.00 bits per heavy atom. The van der Waals surface area contributed by atoms with Crippen LogP contribution in [0.5, 0.6) is 0 Å². The van der Waals surface area contributed by atoms with E-state index in [0.717, 1.165) is 0 Å². The second kappa shape index (κ2) is 5.80. The molecule has 1 heterocycles. The average molecular weight is 331 g/mol. The first kappa shape index (κ1) is 15.4. The third-order valence-corrected chi connectivity index (χ3v) is 3.44. The number of benzene rings is 1. The normalized spacial score (nSPS) is 10.7. The van der Waals surface area contributed by atoms with Gasteiger partial charge in [0.15, 0.2) is 11.5 Å². The first-order valence-electron chi connectivity index (χ1n) is 5.60. The minimum absolute atomic E-state index is 0.0642. The molecule has 9 heteroatoms. The summed E-state index contributed by atoms with van der Waals surface area (Å²) < 4.78 is 14.3. The Bertz CT molecular complexity index is 740. The van der Waals surface area contributed by atoms with Gasteiger partial charge < -0.3 is 16.6 Å². The van der Waals surface area contributed by atoms with Crippen LogP contribution in [0, 0.1) is 5.82 Å². The highest BCUT2D eigenvalue weighted by Crippen LogP contribution is 2.30. The molecule has 2 aromatic rings. The molecule has 0 aliphatic carbocycles. The van der Waals surface area contributed by atoms with Crippen molar-refractivity contribution in [1.29, 1.82) is 0 Å². The lowest BCUT2D eigenvalue weighted by molar-refractivity contribution is 0.0690. The number of carboxylic acids is 1. The summed E-state index contributed by atoms with van der Waals surface area (Å²) in [6.45, 7) is -0.132. The molecule has 0 spiro atoms. The van der Waals surface area contributed by atoms with Gasteiger partial charge >= 0.3 is 5.97 Å². The summed E-state index contributed by atoms with van der Waals surface area (Å²) in [6, 6.07) is 2.72. The monoisotopic (exact) mass is 330 g/mol. The van der Waals surface area contributed by atoms with Crippen molar-refractivity contribution in [2.45, 2.75) is 6.54 Å². The van der Waals surface area contributed by atoms with Crippen molar-refractivity contribution >= 4 is 35.0 Å². The van der Waals surface area contributed by atoms with Gasteiger partial charge in [-0.25, -0.2) is 19.2 Å². The lowest BCUT2D eigenvalue weighted by Crippen LogP contribution is -2.09. The number of nitrogens with two attached hydrogens (primary N) is 2. The predicted octanol–water partition coefficient (Wildman–Crippen LogP) is 2.33.